The highest BCUT2D eigenvalue weighted by Gasteiger charge is 2.49. The molecular formula is C26H33N3O3. The smallest absolute Gasteiger partial charge is 0.321 e. The summed E-state index contributed by atoms with van der Waals surface area (Å²) in [4.78, 5) is 17.4. The van der Waals surface area contributed by atoms with E-state index >= 15 is 0 Å². The third-order valence-corrected chi connectivity index (χ3v) is 6.68. The number of benzene rings is 2. The fraction of sp³-hybridized carbons (Fsp3) is 0.423. The number of rotatable bonds is 5. The zero-order valence-corrected chi connectivity index (χ0v) is 18.9. The molecule has 4 rings (SSSR count). The highest BCUT2D eigenvalue weighted by atomic mass is 16.5. The van der Waals surface area contributed by atoms with Crippen molar-refractivity contribution in [3.8, 4) is 5.75 Å². The molecule has 32 heavy (non-hydrogen) atoms. The number of amides is 2. The number of nitrogens with zero attached hydrogens (tertiary/aromatic N) is 2. The van der Waals surface area contributed by atoms with Crippen molar-refractivity contribution in [3.63, 3.8) is 0 Å². The second-order valence-electron chi connectivity index (χ2n) is 8.56. The van der Waals surface area contributed by atoms with Crippen molar-refractivity contribution < 1.29 is 14.6 Å². The molecule has 2 aromatic carbocycles. The first-order valence-electron chi connectivity index (χ1n) is 11.4. The Kier molecular flexibility index (Phi) is 7.12. The lowest BCUT2D eigenvalue weighted by Gasteiger charge is -2.57. The SMILES string of the molecule is C/C=C/c1ccc([C@H]2[C@@H](CO)N3CCCCN(C(=O)Nc4ccc(OC)cc4)C[C@H]23)cc1. The van der Waals surface area contributed by atoms with Gasteiger partial charge in [0.2, 0.25) is 0 Å². The van der Waals surface area contributed by atoms with Crippen LogP contribution in [0.1, 0.15) is 36.8 Å². The Bertz CT molecular complexity index is 926. The number of hydrogen-bond acceptors (Lipinski definition) is 4. The van der Waals surface area contributed by atoms with Gasteiger partial charge in [0.25, 0.3) is 0 Å². The summed E-state index contributed by atoms with van der Waals surface area (Å²) in [7, 11) is 1.63. The minimum absolute atomic E-state index is 0.0772. The molecule has 2 fully saturated rings. The molecule has 2 aliphatic heterocycles. The molecule has 0 aromatic heterocycles. The quantitative estimate of drug-likeness (QED) is 0.739. The van der Waals surface area contributed by atoms with Crippen molar-refractivity contribution in [2.24, 2.45) is 0 Å². The standard InChI is InChI=1S/C26H33N3O3/c1-3-6-19-7-9-20(10-8-19)25-23-17-28(15-4-5-16-29(23)24(25)18-30)26(31)27-21-11-13-22(32-2)14-12-21/h3,6-14,23-25,30H,4-5,15-18H2,1-2H3,(H,27,31)/b6-3+/t23-,24-,25-/m1/s1. The molecule has 0 radical (unpaired) electrons. The molecule has 6 nitrogen and oxygen atoms in total. The Morgan fingerprint density at radius 2 is 1.84 bits per heavy atom. The summed E-state index contributed by atoms with van der Waals surface area (Å²) in [6, 6.07) is 16.2. The molecule has 2 N–H and O–H groups in total. The number of aliphatic hydroxyl groups is 1. The number of nitrogens with one attached hydrogen (secondary N) is 1. The Labute approximate surface area is 190 Å². The summed E-state index contributed by atoms with van der Waals surface area (Å²) in [5.74, 6) is 0.978. The molecule has 0 aliphatic carbocycles. The fourth-order valence-corrected chi connectivity index (χ4v) is 5.02. The molecule has 0 saturated carbocycles. The van der Waals surface area contributed by atoms with Gasteiger partial charge in [0.1, 0.15) is 5.75 Å². The molecule has 2 aromatic rings. The van der Waals surface area contributed by atoms with Gasteiger partial charge >= 0.3 is 6.03 Å². The molecule has 2 heterocycles. The van der Waals surface area contributed by atoms with Crippen LogP contribution in [0.15, 0.2) is 54.6 Å². The number of fused-ring (bicyclic) bond motifs is 1. The van der Waals surface area contributed by atoms with Gasteiger partial charge in [0, 0.05) is 36.8 Å². The van der Waals surface area contributed by atoms with E-state index in [-0.39, 0.29) is 30.6 Å². The van der Waals surface area contributed by atoms with Crippen LogP contribution in [0.3, 0.4) is 0 Å². The number of anilines is 1. The van der Waals surface area contributed by atoms with Crippen LogP contribution in [-0.4, -0.2) is 66.4 Å². The molecule has 0 spiro atoms. The van der Waals surface area contributed by atoms with E-state index in [9.17, 15) is 9.90 Å². The van der Waals surface area contributed by atoms with Gasteiger partial charge in [-0.1, -0.05) is 36.4 Å². The number of allylic oxidation sites excluding steroid dienone is 1. The van der Waals surface area contributed by atoms with Gasteiger partial charge in [-0.2, -0.15) is 0 Å². The van der Waals surface area contributed by atoms with E-state index in [4.69, 9.17) is 4.74 Å². The molecule has 0 bridgehead atoms. The molecule has 170 valence electrons. The van der Waals surface area contributed by atoms with Gasteiger partial charge in [0.05, 0.1) is 13.7 Å². The van der Waals surface area contributed by atoms with Crippen LogP contribution in [0, 0.1) is 0 Å². The molecule has 3 atom stereocenters. The Balaban J connectivity index is 1.50. The van der Waals surface area contributed by atoms with E-state index in [1.807, 2.05) is 42.2 Å². The molecule has 2 aliphatic rings. The Morgan fingerprint density at radius 3 is 2.50 bits per heavy atom. The fourth-order valence-electron chi connectivity index (χ4n) is 5.02. The average Bonchev–Trinajstić information content (AvgIpc) is 2.79. The lowest BCUT2D eigenvalue weighted by Crippen LogP contribution is -2.68. The van der Waals surface area contributed by atoms with Crippen molar-refractivity contribution in [1.82, 2.24) is 9.80 Å². The van der Waals surface area contributed by atoms with E-state index in [0.717, 1.165) is 37.4 Å². The summed E-state index contributed by atoms with van der Waals surface area (Å²) < 4.78 is 5.20. The topological polar surface area (TPSA) is 65.0 Å². The lowest BCUT2D eigenvalue weighted by molar-refractivity contribution is -0.0585. The van der Waals surface area contributed by atoms with Crippen molar-refractivity contribution in [1.29, 1.82) is 0 Å². The van der Waals surface area contributed by atoms with Crippen molar-refractivity contribution in [3.05, 3.63) is 65.7 Å². The van der Waals surface area contributed by atoms with E-state index in [1.54, 1.807) is 7.11 Å². The van der Waals surface area contributed by atoms with Crippen LogP contribution < -0.4 is 10.1 Å². The normalized spacial score (nSPS) is 23.7. The Hall–Kier alpha value is -2.83. The van der Waals surface area contributed by atoms with Crippen LogP contribution in [0.2, 0.25) is 0 Å². The monoisotopic (exact) mass is 435 g/mol. The van der Waals surface area contributed by atoms with Crippen LogP contribution in [-0.2, 0) is 0 Å². The molecule has 0 unspecified atom stereocenters. The van der Waals surface area contributed by atoms with Gasteiger partial charge in [-0.25, -0.2) is 4.79 Å². The van der Waals surface area contributed by atoms with E-state index < -0.39 is 0 Å². The maximum absolute atomic E-state index is 13.1. The third kappa shape index (κ3) is 4.66. The van der Waals surface area contributed by atoms with Gasteiger partial charge in [-0.15, -0.1) is 0 Å². The largest absolute Gasteiger partial charge is 0.497 e. The highest BCUT2D eigenvalue weighted by molar-refractivity contribution is 5.89. The van der Waals surface area contributed by atoms with E-state index in [0.29, 0.717) is 6.54 Å². The second-order valence-corrected chi connectivity index (χ2v) is 8.56. The van der Waals surface area contributed by atoms with Gasteiger partial charge in [0.15, 0.2) is 0 Å². The zero-order valence-electron chi connectivity index (χ0n) is 18.9. The van der Waals surface area contributed by atoms with Crippen LogP contribution in [0.4, 0.5) is 10.5 Å². The lowest BCUT2D eigenvalue weighted by atomic mass is 9.74. The Morgan fingerprint density at radius 1 is 1.12 bits per heavy atom. The van der Waals surface area contributed by atoms with Gasteiger partial charge in [-0.05, 0) is 61.7 Å². The summed E-state index contributed by atoms with van der Waals surface area (Å²) >= 11 is 0. The number of aliphatic hydroxyl groups excluding tert-OH is 1. The van der Waals surface area contributed by atoms with Crippen molar-refractivity contribution in [2.45, 2.75) is 37.8 Å². The second kappa shape index (κ2) is 10.2. The van der Waals surface area contributed by atoms with Crippen molar-refractivity contribution in [2.75, 3.05) is 38.7 Å². The summed E-state index contributed by atoms with van der Waals surface area (Å²) in [5, 5.41) is 13.1. The first kappa shape index (κ1) is 22.4. The average molecular weight is 436 g/mol. The van der Waals surface area contributed by atoms with Gasteiger partial charge < -0.3 is 20.1 Å². The third-order valence-electron chi connectivity index (χ3n) is 6.68. The number of hydrogen-bond donors (Lipinski definition) is 2. The number of carbonyl (C=O) groups excluding carboxylic acids is 1. The first-order chi connectivity index (χ1) is 15.6. The number of urea groups is 1. The minimum atomic E-state index is -0.0772. The van der Waals surface area contributed by atoms with E-state index in [2.05, 4.69) is 40.6 Å². The molecular weight excluding hydrogens is 402 g/mol. The summed E-state index contributed by atoms with van der Waals surface area (Å²) in [6.45, 7) is 4.51. The van der Waals surface area contributed by atoms with Crippen LogP contribution in [0.25, 0.3) is 6.08 Å². The molecule has 2 amide bonds. The molecule has 6 heteroatoms. The minimum Gasteiger partial charge on any atom is -0.497 e. The summed E-state index contributed by atoms with van der Waals surface area (Å²) in [6.07, 6.45) is 6.10. The summed E-state index contributed by atoms with van der Waals surface area (Å²) in [5.41, 5.74) is 3.16. The number of methoxy groups -OCH3 is 1. The number of ether oxygens (including phenoxy) is 1. The van der Waals surface area contributed by atoms with Crippen molar-refractivity contribution >= 4 is 17.8 Å². The van der Waals surface area contributed by atoms with Crippen LogP contribution in [0.5, 0.6) is 5.75 Å². The van der Waals surface area contributed by atoms with Gasteiger partial charge in [-0.3, -0.25) is 4.90 Å². The maximum Gasteiger partial charge on any atom is 0.321 e. The molecule has 2 saturated heterocycles. The zero-order chi connectivity index (χ0) is 22.5. The predicted molar refractivity (Wildman–Crippen MR) is 128 cm³/mol. The highest BCUT2D eigenvalue weighted by Crippen LogP contribution is 2.42. The van der Waals surface area contributed by atoms with E-state index in [1.165, 1.54) is 11.1 Å². The first-order valence-corrected chi connectivity index (χ1v) is 11.4. The predicted octanol–water partition coefficient (Wildman–Crippen LogP) is 4.18. The number of carbonyl (C=O) groups is 1. The maximum atomic E-state index is 13.1. The van der Waals surface area contributed by atoms with Crippen LogP contribution >= 0.6 is 0 Å².